The molecule has 0 unspecified atom stereocenters. The fraction of sp³-hybridized carbons (Fsp3) is 0.263. The maximum atomic E-state index is 11.9. The van der Waals surface area contributed by atoms with E-state index in [9.17, 15) is 9.59 Å². The van der Waals surface area contributed by atoms with Gasteiger partial charge in [0.05, 0.1) is 0 Å². The molecule has 25 heavy (non-hydrogen) atoms. The third-order valence-corrected chi connectivity index (χ3v) is 3.84. The molecule has 0 spiro atoms. The summed E-state index contributed by atoms with van der Waals surface area (Å²) in [7, 11) is 0. The SMILES string of the molecule is CC(=O)N(CCNC(=O)COc1ccccc1)c1ccc(Cl)cc1C. The summed E-state index contributed by atoms with van der Waals surface area (Å²) in [5, 5.41) is 3.38. The second-order valence-corrected chi connectivity index (χ2v) is 5.99. The van der Waals surface area contributed by atoms with Crippen molar-refractivity contribution in [1.29, 1.82) is 0 Å². The number of hydrogen-bond donors (Lipinski definition) is 1. The van der Waals surface area contributed by atoms with Gasteiger partial charge in [0.25, 0.3) is 5.91 Å². The van der Waals surface area contributed by atoms with Gasteiger partial charge in [-0.3, -0.25) is 9.59 Å². The summed E-state index contributed by atoms with van der Waals surface area (Å²) in [6.45, 7) is 4.02. The van der Waals surface area contributed by atoms with Crippen LogP contribution in [0.25, 0.3) is 0 Å². The second-order valence-electron chi connectivity index (χ2n) is 5.55. The fourth-order valence-corrected chi connectivity index (χ4v) is 2.62. The van der Waals surface area contributed by atoms with Crippen LogP contribution in [0.4, 0.5) is 5.69 Å². The van der Waals surface area contributed by atoms with Crippen molar-refractivity contribution in [2.45, 2.75) is 13.8 Å². The van der Waals surface area contributed by atoms with Crippen molar-refractivity contribution in [1.82, 2.24) is 5.32 Å². The van der Waals surface area contributed by atoms with E-state index in [2.05, 4.69) is 5.32 Å². The number of carbonyl (C=O) groups excluding carboxylic acids is 2. The van der Waals surface area contributed by atoms with Crippen molar-refractivity contribution in [2.75, 3.05) is 24.6 Å². The molecule has 0 radical (unpaired) electrons. The number of carbonyl (C=O) groups is 2. The predicted molar refractivity (Wildman–Crippen MR) is 99.2 cm³/mol. The zero-order valence-corrected chi connectivity index (χ0v) is 15.0. The number of anilines is 1. The summed E-state index contributed by atoms with van der Waals surface area (Å²) >= 11 is 5.96. The quantitative estimate of drug-likeness (QED) is 0.824. The van der Waals surface area contributed by atoms with E-state index in [1.165, 1.54) is 6.92 Å². The summed E-state index contributed by atoms with van der Waals surface area (Å²) in [5.74, 6) is 0.306. The van der Waals surface area contributed by atoms with Gasteiger partial charge in [0.15, 0.2) is 6.61 Å². The lowest BCUT2D eigenvalue weighted by Crippen LogP contribution is -2.39. The number of aryl methyl sites for hydroxylation is 1. The van der Waals surface area contributed by atoms with E-state index < -0.39 is 0 Å². The van der Waals surface area contributed by atoms with Crippen LogP contribution < -0.4 is 15.0 Å². The molecule has 0 aromatic heterocycles. The molecule has 6 heteroatoms. The molecule has 1 N–H and O–H groups in total. The molecular formula is C19H21ClN2O3. The fourth-order valence-electron chi connectivity index (χ4n) is 2.39. The lowest BCUT2D eigenvalue weighted by Gasteiger charge is -2.23. The molecule has 0 heterocycles. The van der Waals surface area contributed by atoms with Gasteiger partial charge in [-0.1, -0.05) is 29.8 Å². The highest BCUT2D eigenvalue weighted by Crippen LogP contribution is 2.23. The van der Waals surface area contributed by atoms with Crippen LogP contribution in [0.2, 0.25) is 5.02 Å². The van der Waals surface area contributed by atoms with Gasteiger partial charge in [-0.2, -0.15) is 0 Å². The van der Waals surface area contributed by atoms with Crippen LogP contribution in [-0.2, 0) is 9.59 Å². The molecule has 2 aromatic rings. The monoisotopic (exact) mass is 360 g/mol. The van der Waals surface area contributed by atoms with E-state index in [0.717, 1.165) is 11.3 Å². The highest BCUT2D eigenvalue weighted by atomic mass is 35.5. The van der Waals surface area contributed by atoms with Gasteiger partial charge in [0.1, 0.15) is 5.75 Å². The van der Waals surface area contributed by atoms with Crippen molar-refractivity contribution < 1.29 is 14.3 Å². The topological polar surface area (TPSA) is 58.6 Å². The van der Waals surface area contributed by atoms with Crippen molar-refractivity contribution >= 4 is 29.1 Å². The van der Waals surface area contributed by atoms with Gasteiger partial charge in [0.2, 0.25) is 5.91 Å². The first-order chi connectivity index (χ1) is 12.0. The first kappa shape index (κ1) is 18.8. The minimum atomic E-state index is -0.236. The third kappa shape index (κ3) is 5.80. The van der Waals surface area contributed by atoms with Crippen LogP contribution in [0.3, 0.4) is 0 Å². The normalized spacial score (nSPS) is 10.2. The zero-order valence-electron chi connectivity index (χ0n) is 14.3. The molecule has 0 saturated heterocycles. The summed E-state index contributed by atoms with van der Waals surface area (Å²) in [4.78, 5) is 25.4. The van der Waals surface area contributed by atoms with Crippen LogP contribution in [0, 0.1) is 6.92 Å². The van der Waals surface area contributed by atoms with Crippen LogP contribution in [-0.4, -0.2) is 31.5 Å². The Morgan fingerprint density at radius 2 is 1.88 bits per heavy atom. The number of benzene rings is 2. The standard InChI is InChI=1S/C19H21ClN2O3/c1-14-12-16(20)8-9-18(14)22(15(2)23)11-10-21-19(24)13-25-17-6-4-3-5-7-17/h3-9,12H,10-11,13H2,1-2H3,(H,21,24). The number of nitrogens with one attached hydrogen (secondary N) is 1. The number of nitrogens with zero attached hydrogens (tertiary/aromatic N) is 1. The molecule has 2 aromatic carbocycles. The van der Waals surface area contributed by atoms with Gasteiger partial charge in [-0.15, -0.1) is 0 Å². The molecule has 0 saturated carbocycles. The Bertz CT molecular complexity index is 735. The number of para-hydroxylation sites is 1. The van der Waals surface area contributed by atoms with E-state index in [0.29, 0.717) is 23.9 Å². The molecule has 2 amide bonds. The number of rotatable bonds is 7. The molecular weight excluding hydrogens is 340 g/mol. The summed E-state index contributed by atoms with van der Waals surface area (Å²) in [5.41, 5.74) is 1.69. The van der Waals surface area contributed by atoms with Crippen molar-refractivity contribution in [3.8, 4) is 5.75 Å². The van der Waals surface area contributed by atoms with Crippen LogP contribution in [0.15, 0.2) is 48.5 Å². The molecule has 0 aliphatic rings. The first-order valence-corrected chi connectivity index (χ1v) is 8.34. The average Bonchev–Trinajstić information content (AvgIpc) is 2.58. The molecule has 0 atom stereocenters. The Morgan fingerprint density at radius 1 is 1.16 bits per heavy atom. The Hall–Kier alpha value is -2.53. The van der Waals surface area contributed by atoms with E-state index in [4.69, 9.17) is 16.3 Å². The molecule has 0 aliphatic heterocycles. The Morgan fingerprint density at radius 3 is 2.52 bits per heavy atom. The van der Waals surface area contributed by atoms with E-state index in [1.54, 1.807) is 35.2 Å². The maximum absolute atomic E-state index is 11.9. The van der Waals surface area contributed by atoms with Crippen molar-refractivity contribution in [3.05, 3.63) is 59.1 Å². The van der Waals surface area contributed by atoms with Gasteiger partial charge in [-0.25, -0.2) is 0 Å². The van der Waals surface area contributed by atoms with Crippen molar-refractivity contribution in [3.63, 3.8) is 0 Å². The second kappa shape index (κ2) is 9.08. The van der Waals surface area contributed by atoms with Crippen LogP contribution >= 0.6 is 11.6 Å². The summed E-state index contributed by atoms with van der Waals surface area (Å²) in [6.07, 6.45) is 0. The molecule has 5 nitrogen and oxygen atoms in total. The highest BCUT2D eigenvalue weighted by molar-refractivity contribution is 6.30. The lowest BCUT2D eigenvalue weighted by molar-refractivity contribution is -0.123. The Labute approximate surface area is 152 Å². The van der Waals surface area contributed by atoms with Gasteiger partial charge >= 0.3 is 0 Å². The van der Waals surface area contributed by atoms with Gasteiger partial charge in [-0.05, 0) is 42.8 Å². The molecule has 2 rings (SSSR count). The number of amides is 2. The Kier molecular flexibility index (Phi) is 6.83. The molecule has 0 fully saturated rings. The van der Waals surface area contributed by atoms with E-state index in [-0.39, 0.29) is 18.4 Å². The number of ether oxygens (including phenoxy) is 1. The van der Waals surface area contributed by atoms with Gasteiger partial charge in [0, 0.05) is 30.7 Å². The minimum absolute atomic E-state index is 0.0654. The number of halogens is 1. The maximum Gasteiger partial charge on any atom is 0.258 e. The average molecular weight is 361 g/mol. The third-order valence-electron chi connectivity index (χ3n) is 3.60. The Balaban J connectivity index is 1.85. The smallest absolute Gasteiger partial charge is 0.258 e. The van der Waals surface area contributed by atoms with Gasteiger partial charge < -0.3 is 15.0 Å². The zero-order chi connectivity index (χ0) is 18.2. The lowest BCUT2D eigenvalue weighted by atomic mass is 10.2. The van der Waals surface area contributed by atoms with Crippen LogP contribution in [0.1, 0.15) is 12.5 Å². The highest BCUT2D eigenvalue weighted by Gasteiger charge is 2.14. The van der Waals surface area contributed by atoms with Crippen LogP contribution in [0.5, 0.6) is 5.75 Å². The van der Waals surface area contributed by atoms with E-state index >= 15 is 0 Å². The predicted octanol–water partition coefficient (Wildman–Crippen LogP) is 3.20. The largest absolute Gasteiger partial charge is 0.484 e. The first-order valence-electron chi connectivity index (χ1n) is 7.96. The van der Waals surface area contributed by atoms with Crippen molar-refractivity contribution in [2.24, 2.45) is 0 Å². The van der Waals surface area contributed by atoms with E-state index in [1.807, 2.05) is 25.1 Å². The minimum Gasteiger partial charge on any atom is -0.484 e. The summed E-state index contributed by atoms with van der Waals surface area (Å²) in [6, 6.07) is 14.5. The molecule has 132 valence electrons. The molecule has 0 aliphatic carbocycles. The molecule has 0 bridgehead atoms. The summed E-state index contributed by atoms with van der Waals surface area (Å²) < 4.78 is 5.38. The number of hydrogen-bond acceptors (Lipinski definition) is 3.